The van der Waals surface area contributed by atoms with Crippen molar-refractivity contribution >= 4 is 23.5 Å². The summed E-state index contributed by atoms with van der Waals surface area (Å²) in [4.78, 5) is 33.1. The van der Waals surface area contributed by atoms with Gasteiger partial charge in [0.05, 0.1) is 6.54 Å². The molecular weight excluding hydrogens is 250 g/mol. The minimum Gasteiger partial charge on any atom is -0.480 e. The molecule has 0 radical (unpaired) electrons. The van der Waals surface area contributed by atoms with Crippen molar-refractivity contribution in [1.82, 2.24) is 10.6 Å². The van der Waals surface area contributed by atoms with E-state index < -0.39 is 24.3 Å². The monoisotopic (exact) mass is 265 g/mol. The second-order valence-electron chi connectivity index (χ2n) is 3.92. The van der Waals surface area contributed by atoms with E-state index in [0.29, 0.717) is 11.3 Å². The summed E-state index contributed by atoms with van der Waals surface area (Å²) in [5.74, 6) is -2.13. The van der Waals surface area contributed by atoms with E-state index in [0.717, 1.165) is 5.56 Å². The van der Waals surface area contributed by atoms with Crippen molar-refractivity contribution in [2.75, 3.05) is 18.8 Å². The Morgan fingerprint density at radius 3 is 2.47 bits per heavy atom. The van der Waals surface area contributed by atoms with Crippen molar-refractivity contribution in [3.8, 4) is 0 Å². The van der Waals surface area contributed by atoms with Gasteiger partial charge in [-0.2, -0.15) is 0 Å². The van der Waals surface area contributed by atoms with Gasteiger partial charge < -0.3 is 21.5 Å². The number of rotatable bonds is 5. The normalized spacial score (nSPS) is 9.74. The molecule has 1 rings (SSSR count). The van der Waals surface area contributed by atoms with Crippen LogP contribution < -0.4 is 16.4 Å². The first-order valence-electron chi connectivity index (χ1n) is 5.53. The van der Waals surface area contributed by atoms with Gasteiger partial charge in [0.25, 0.3) is 5.91 Å². The molecule has 7 heteroatoms. The van der Waals surface area contributed by atoms with Crippen LogP contribution in [0.5, 0.6) is 0 Å². The summed E-state index contributed by atoms with van der Waals surface area (Å²) in [6.07, 6.45) is 0. The Labute approximate surface area is 109 Å². The predicted octanol–water partition coefficient (Wildman–Crippen LogP) is -0.492. The largest absolute Gasteiger partial charge is 0.480 e. The van der Waals surface area contributed by atoms with Crippen LogP contribution in [0.15, 0.2) is 18.2 Å². The molecule has 0 aromatic heterocycles. The summed E-state index contributed by atoms with van der Waals surface area (Å²) in [5.41, 5.74) is 7.36. The highest BCUT2D eigenvalue weighted by molar-refractivity contribution is 5.97. The lowest BCUT2D eigenvalue weighted by atomic mass is 10.1. The number of benzene rings is 1. The molecule has 0 aliphatic heterocycles. The minimum absolute atomic E-state index is 0.282. The number of nitrogens with one attached hydrogen (secondary N) is 2. The molecule has 0 aliphatic rings. The number of nitrogen functional groups attached to an aromatic ring is 1. The second kappa shape index (κ2) is 6.39. The van der Waals surface area contributed by atoms with Gasteiger partial charge in [-0.25, -0.2) is 0 Å². The molecule has 0 aliphatic carbocycles. The molecule has 0 unspecified atom stereocenters. The number of aryl methyl sites for hydroxylation is 1. The van der Waals surface area contributed by atoms with E-state index >= 15 is 0 Å². The first-order valence-corrected chi connectivity index (χ1v) is 5.53. The quantitative estimate of drug-likeness (QED) is 0.535. The number of carboxylic acid groups (broad SMARTS) is 1. The van der Waals surface area contributed by atoms with Gasteiger partial charge in [0.15, 0.2) is 0 Å². The second-order valence-corrected chi connectivity index (χ2v) is 3.92. The lowest BCUT2D eigenvalue weighted by Gasteiger charge is -2.07. The van der Waals surface area contributed by atoms with E-state index in [1.165, 1.54) is 0 Å². The van der Waals surface area contributed by atoms with E-state index in [4.69, 9.17) is 10.8 Å². The number of anilines is 1. The van der Waals surface area contributed by atoms with Gasteiger partial charge in [-0.15, -0.1) is 0 Å². The van der Waals surface area contributed by atoms with Gasteiger partial charge in [-0.3, -0.25) is 14.4 Å². The Kier molecular flexibility index (Phi) is 4.87. The molecule has 0 heterocycles. The molecule has 0 atom stereocenters. The molecule has 5 N–H and O–H groups in total. The predicted molar refractivity (Wildman–Crippen MR) is 68.6 cm³/mol. The van der Waals surface area contributed by atoms with Crippen LogP contribution in [0.3, 0.4) is 0 Å². The molecule has 0 saturated heterocycles. The van der Waals surface area contributed by atoms with E-state index in [9.17, 15) is 14.4 Å². The Hall–Kier alpha value is -2.57. The van der Waals surface area contributed by atoms with Crippen molar-refractivity contribution in [1.29, 1.82) is 0 Å². The average molecular weight is 265 g/mol. The maximum absolute atomic E-state index is 11.7. The Balaban J connectivity index is 2.49. The Bertz CT molecular complexity index is 514. The zero-order valence-electron chi connectivity index (χ0n) is 10.4. The third kappa shape index (κ3) is 4.66. The molecule has 2 amide bonds. The van der Waals surface area contributed by atoms with Crippen molar-refractivity contribution in [3.63, 3.8) is 0 Å². The fourth-order valence-corrected chi connectivity index (χ4v) is 1.32. The summed E-state index contributed by atoms with van der Waals surface area (Å²) in [5, 5.41) is 12.9. The number of carbonyl (C=O) groups excluding carboxylic acids is 2. The minimum atomic E-state index is -1.14. The van der Waals surface area contributed by atoms with Crippen LogP contribution in [-0.2, 0) is 9.59 Å². The standard InChI is InChI=1S/C12H15N3O4/c1-7-4-8(2-3-9(7)13)12(19)15-5-10(16)14-6-11(17)18/h2-4H,5-6,13H2,1H3,(H,14,16)(H,15,19)(H,17,18). The molecule has 0 fully saturated rings. The number of carbonyl (C=O) groups is 3. The fraction of sp³-hybridized carbons (Fsp3) is 0.250. The van der Waals surface area contributed by atoms with E-state index in [-0.39, 0.29) is 6.54 Å². The number of nitrogens with two attached hydrogens (primary N) is 1. The molecule has 102 valence electrons. The van der Waals surface area contributed by atoms with Crippen LogP contribution in [0.1, 0.15) is 15.9 Å². The van der Waals surface area contributed by atoms with E-state index in [1.54, 1.807) is 25.1 Å². The van der Waals surface area contributed by atoms with E-state index in [2.05, 4.69) is 10.6 Å². The van der Waals surface area contributed by atoms with Crippen molar-refractivity contribution < 1.29 is 19.5 Å². The first kappa shape index (κ1) is 14.5. The van der Waals surface area contributed by atoms with Gasteiger partial charge in [0.2, 0.25) is 5.91 Å². The van der Waals surface area contributed by atoms with Gasteiger partial charge in [0.1, 0.15) is 6.54 Å². The third-order valence-corrected chi connectivity index (χ3v) is 2.38. The zero-order chi connectivity index (χ0) is 14.4. The highest BCUT2D eigenvalue weighted by atomic mass is 16.4. The number of hydrogen-bond acceptors (Lipinski definition) is 4. The summed E-state index contributed by atoms with van der Waals surface area (Å²) in [6, 6.07) is 4.77. The van der Waals surface area contributed by atoms with Crippen molar-refractivity contribution in [3.05, 3.63) is 29.3 Å². The maximum Gasteiger partial charge on any atom is 0.322 e. The molecular formula is C12H15N3O4. The van der Waals surface area contributed by atoms with Crippen LogP contribution in [0.4, 0.5) is 5.69 Å². The molecule has 1 aromatic rings. The van der Waals surface area contributed by atoms with Crippen molar-refractivity contribution in [2.24, 2.45) is 0 Å². The van der Waals surface area contributed by atoms with Crippen molar-refractivity contribution in [2.45, 2.75) is 6.92 Å². The summed E-state index contributed by atoms with van der Waals surface area (Å²) in [7, 11) is 0. The van der Waals surface area contributed by atoms with Gasteiger partial charge >= 0.3 is 5.97 Å². The fourth-order valence-electron chi connectivity index (χ4n) is 1.32. The van der Waals surface area contributed by atoms with Crippen LogP contribution >= 0.6 is 0 Å². The lowest BCUT2D eigenvalue weighted by molar-refractivity contribution is -0.137. The Morgan fingerprint density at radius 1 is 1.21 bits per heavy atom. The van der Waals surface area contributed by atoms with Gasteiger partial charge in [-0.05, 0) is 30.7 Å². The summed E-state index contributed by atoms with van der Waals surface area (Å²) in [6.45, 7) is 1.01. The molecule has 0 bridgehead atoms. The van der Waals surface area contributed by atoms with Gasteiger partial charge in [0, 0.05) is 11.3 Å². The molecule has 1 aromatic carbocycles. The highest BCUT2D eigenvalue weighted by Crippen LogP contribution is 2.12. The average Bonchev–Trinajstić information content (AvgIpc) is 2.36. The molecule has 0 saturated carbocycles. The SMILES string of the molecule is Cc1cc(C(=O)NCC(=O)NCC(=O)O)ccc1N. The topological polar surface area (TPSA) is 122 Å². The number of hydrogen-bond donors (Lipinski definition) is 4. The smallest absolute Gasteiger partial charge is 0.322 e. The van der Waals surface area contributed by atoms with Gasteiger partial charge in [-0.1, -0.05) is 0 Å². The summed E-state index contributed by atoms with van der Waals surface area (Å²) < 4.78 is 0. The number of carboxylic acids is 1. The van der Waals surface area contributed by atoms with Crippen LogP contribution in [-0.4, -0.2) is 36.0 Å². The Morgan fingerprint density at radius 2 is 1.89 bits per heavy atom. The molecule has 19 heavy (non-hydrogen) atoms. The first-order chi connectivity index (χ1) is 8.90. The molecule has 7 nitrogen and oxygen atoms in total. The van der Waals surface area contributed by atoms with Crippen LogP contribution in [0.2, 0.25) is 0 Å². The zero-order valence-corrected chi connectivity index (χ0v) is 10.4. The lowest BCUT2D eigenvalue weighted by Crippen LogP contribution is -2.39. The van der Waals surface area contributed by atoms with Crippen LogP contribution in [0, 0.1) is 6.92 Å². The maximum atomic E-state index is 11.7. The number of amides is 2. The number of aliphatic carboxylic acids is 1. The molecule has 0 spiro atoms. The van der Waals surface area contributed by atoms with E-state index in [1.807, 2.05) is 0 Å². The highest BCUT2D eigenvalue weighted by Gasteiger charge is 2.09. The third-order valence-electron chi connectivity index (χ3n) is 2.38. The van der Waals surface area contributed by atoms with Crippen LogP contribution in [0.25, 0.3) is 0 Å². The summed E-state index contributed by atoms with van der Waals surface area (Å²) >= 11 is 0.